The van der Waals surface area contributed by atoms with Crippen molar-refractivity contribution in [2.24, 2.45) is 0 Å². The molecule has 1 aliphatic rings. The normalized spacial score (nSPS) is 12.7. The Morgan fingerprint density at radius 2 is 2.04 bits per heavy atom. The van der Waals surface area contributed by atoms with Gasteiger partial charge in [0.15, 0.2) is 0 Å². The van der Waals surface area contributed by atoms with Crippen molar-refractivity contribution in [1.29, 1.82) is 0 Å². The molecule has 3 rings (SSSR count). The van der Waals surface area contributed by atoms with Gasteiger partial charge in [-0.2, -0.15) is 0 Å². The van der Waals surface area contributed by atoms with Crippen molar-refractivity contribution in [1.82, 2.24) is 0 Å². The molecule has 0 radical (unpaired) electrons. The monoisotopic (exact) mass is 371 g/mol. The lowest BCUT2D eigenvalue weighted by molar-refractivity contribution is -0.137. The summed E-state index contributed by atoms with van der Waals surface area (Å²) in [7, 11) is 0. The highest BCUT2D eigenvalue weighted by molar-refractivity contribution is 5.96. The number of nitrogens with zero attached hydrogens (tertiary/aromatic N) is 1. The molecule has 5 nitrogen and oxygen atoms in total. The molecular weight excluding hydrogens is 349 g/mol. The molecular formula is C21H22FNO4. The summed E-state index contributed by atoms with van der Waals surface area (Å²) in [6.07, 6.45) is 1.29. The number of amides is 1. The van der Waals surface area contributed by atoms with Gasteiger partial charge < -0.3 is 14.7 Å². The van der Waals surface area contributed by atoms with E-state index in [1.54, 1.807) is 17.0 Å². The number of carbonyl (C=O) groups is 2. The van der Waals surface area contributed by atoms with Crippen LogP contribution in [0.3, 0.4) is 0 Å². The Balaban J connectivity index is 1.73. The van der Waals surface area contributed by atoms with Crippen LogP contribution in [0.2, 0.25) is 0 Å². The smallest absolute Gasteiger partial charge is 0.303 e. The van der Waals surface area contributed by atoms with E-state index in [1.807, 2.05) is 25.1 Å². The zero-order chi connectivity index (χ0) is 19.4. The number of hydrogen-bond acceptors (Lipinski definition) is 3. The zero-order valence-corrected chi connectivity index (χ0v) is 15.2. The number of fused-ring (bicyclic) bond motifs is 1. The second-order valence-electron chi connectivity index (χ2n) is 6.51. The minimum atomic E-state index is -0.959. The Bertz CT molecular complexity index is 865. The molecule has 2 aromatic rings. The number of rotatable bonds is 7. The number of anilines is 1. The van der Waals surface area contributed by atoms with E-state index in [9.17, 15) is 14.0 Å². The molecule has 1 N–H and O–H groups in total. The first-order valence-corrected chi connectivity index (χ1v) is 9.03. The summed E-state index contributed by atoms with van der Waals surface area (Å²) in [6.45, 7) is 2.74. The highest BCUT2D eigenvalue weighted by atomic mass is 19.1. The van der Waals surface area contributed by atoms with Crippen molar-refractivity contribution in [3.05, 3.63) is 58.9 Å². The SMILES string of the molecule is CCC(=O)N1CCc2cccc(COc3ccc(CCC(=O)O)c(F)c3)c21. The molecule has 6 heteroatoms. The molecule has 1 amide bonds. The van der Waals surface area contributed by atoms with Gasteiger partial charge in [0.25, 0.3) is 0 Å². The van der Waals surface area contributed by atoms with Crippen LogP contribution in [0.4, 0.5) is 10.1 Å². The number of carboxylic acid groups (broad SMARTS) is 1. The summed E-state index contributed by atoms with van der Waals surface area (Å²) in [5.41, 5.74) is 3.27. The summed E-state index contributed by atoms with van der Waals surface area (Å²) in [4.78, 5) is 24.6. The Hall–Kier alpha value is -2.89. The van der Waals surface area contributed by atoms with Crippen molar-refractivity contribution in [3.8, 4) is 5.75 Å². The highest BCUT2D eigenvalue weighted by Crippen LogP contribution is 2.33. The van der Waals surface area contributed by atoms with Crippen LogP contribution in [0.5, 0.6) is 5.75 Å². The van der Waals surface area contributed by atoms with Crippen LogP contribution in [0.25, 0.3) is 0 Å². The van der Waals surface area contributed by atoms with Crippen molar-refractivity contribution >= 4 is 17.6 Å². The van der Waals surface area contributed by atoms with Gasteiger partial charge in [-0.05, 0) is 30.0 Å². The minimum absolute atomic E-state index is 0.0787. The third kappa shape index (κ3) is 4.27. The predicted molar refractivity (Wildman–Crippen MR) is 99.5 cm³/mol. The molecule has 0 atom stereocenters. The lowest BCUT2D eigenvalue weighted by atomic mass is 10.1. The van der Waals surface area contributed by atoms with Crippen LogP contribution >= 0.6 is 0 Å². The van der Waals surface area contributed by atoms with Crippen LogP contribution < -0.4 is 9.64 Å². The van der Waals surface area contributed by atoms with Crippen LogP contribution in [0.1, 0.15) is 36.5 Å². The first-order chi connectivity index (χ1) is 13.0. The predicted octanol–water partition coefficient (Wildman–Crippen LogP) is 3.72. The molecule has 27 heavy (non-hydrogen) atoms. The molecule has 2 aromatic carbocycles. The first-order valence-electron chi connectivity index (χ1n) is 9.03. The van der Waals surface area contributed by atoms with Crippen molar-refractivity contribution in [2.45, 2.75) is 39.2 Å². The van der Waals surface area contributed by atoms with Crippen molar-refractivity contribution < 1.29 is 23.8 Å². The summed E-state index contributed by atoms with van der Waals surface area (Å²) < 4.78 is 19.9. The maximum Gasteiger partial charge on any atom is 0.303 e. The van der Waals surface area contributed by atoms with E-state index in [-0.39, 0.29) is 25.4 Å². The van der Waals surface area contributed by atoms with Gasteiger partial charge in [0.2, 0.25) is 5.91 Å². The topological polar surface area (TPSA) is 66.8 Å². The summed E-state index contributed by atoms with van der Waals surface area (Å²) in [6, 6.07) is 10.3. The van der Waals surface area contributed by atoms with E-state index < -0.39 is 11.8 Å². The van der Waals surface area contributed by atoms with Crippen molar-refractivity contribution in [3.63, 3.8) is 0 Å². The third-order valence-corrected chi connectivity index (χ3v) is 4.71. The quantitative estimate of drug-likeness (QED) is 0.806. The van der Waals surface area contributed by atoms with E-state index in [0.717, 1.165) is 23.2 Å². The number of aryl methyl sites for hydroxylation is 1. The summed E-state index contributed by atoms with van der Waals surface area (Å²) >= 11 is 0. The van der Waals surface area contributed by atoms with Gasteiger partial charge in [-0.15, -0.1) is 0 Å². The molecule has 0 aliphatic carbocycles. The third-order valence-electron chi connectivity index (χ3n) is 4.71. The van der Waals surface area contributed by atoms with Gasteiger partial charge in [0, 0.05) is 31.0 Å². The van der Waals surface area contributed by atoms with Crippen LogP contribution in [0.15, 0.2) is 36.4 Å². The maximum atomic E-state index is 14.1. The Kier molecular flexibility index (Phi) is 5.74. The van der Waals surface area contributed by atoms with Gasteiger partial charge in [-0.25, -0.2) is 4.39 Å². The number of halogens is 1. The lowest BCUT2D eigenvalue weighted by Crippen LogP contribution is -2.28. The second-order valence-corrected chi connectivity index (χ2v) is 6.51. The van der Waals surface area contributed by atoms with E-state index >= 15 is 0 Å². The summed E-state index contributed by atoms with van der Waals surface area (Å²) in [5, 5.41) is 8.71. The molecule has 142 valence electrons. The molecule has 0 fully saturated rings. The molecule has 0 bridgehead atoms. The van der Waals surface area contributed by atoms with E-state index in [2.05, 4.69) is 0 Å². The number of para-hydroxylation sites is 1. The molecule has 0 saturated carbocycles. The number of benzene rings is 2. The Morgan fingerprint density at radius 3 is 2.74 bits per heavy atom. The number of aliphatic carboxylic acids is 1. The number of carbonyl (C=O) groups excluding carboxylic acids is 1. The molecule has 0 spiro atoms. The zero-order valence-electron chi connectivity index (χ0n) is 15.2. The average Bonchev–Trinajstić information content (AvgIpc) is 3.09. The fraction of sp³-hybridized carbons (Fsp3) is 0.333. The fourth-order valence-electron chi connectivity index (χ4n) is 3.32. The Labute approximate surface area is 157 Å². The van der Waals surface area contributed by atoms with Crippen LogP contribution in [0, 0.1) is 5.82 Å². The van der Waals surface area contributed by atoms with Gasteiger partial charge in [0.05, 0.1) is 5.69 Å². The van der Waals surface area contributed by atoms with Crippen LogP contribution in [-0.2, 0) is 29.0 Å². The van der Waals surface area contributed by atoms with E-state index in [1.165, 1.54) is 6.07 Å². The highest BCUT2D eigenvalue weighted by Gasteiger charge is 2.26. The largest absolute Gasteiger partial charge is 0.489 e. The lowest BCUT2D eigenvalue weighted by Gasteiger charge is -2.20. The molecule has 1 aliphatic heterocycles. The minimum Gasteiger partial charge on any atom is -0.489 e. The molecule has 0 aromatic heterocycles. The van der Waals surface area contributed by atoms with Crippen molar-refractivity contribution in [2.75, 3.05) is 11.4 Å². The average molecular weight is 371 g/mol. The maximum absolute atomic E-state index is 14.1. The number of carboxylic acids is 1. The molecule has 0 saturated heterocycles. The van der Waals surface area contributed by atoms with Gasteiger partial charge >= 0.3 is 5.97 Å². The van der Waals surface area contributed by atoms with Gasteiger partial charge in [-0.1, -0.05) is 31.2 Å². The second kappa shape index (κ2) is 8.20. The van der Waals surface area contributed by atoms with Gasteiger partial charge in [-0.3, -0.25) is 9.59 Å². The van der Waals surface area contributed by atoms with E-state index in [4.69, 9.17) is 9.84 Å². The van der Waals surface area contributed by atoms with Gasteiger partial charge in [0.1, 0.15) is 18.2 Å². The fourth-order valence-corrected chi connectivity index (χ4v) is 3.32. The van der Waals surface area contributed by atoms with E-state index in [0.29, 0.717) is 24.3 Å². The Morgan fingerprint density at radius 1 is 1.22 bits per heavy atom. The molecule has 0 unspecified atom stereocenters. The van der Waals surface area contributed by atoms with Crippen LogP contribution in [-0.4, -0.2) is 23.5 Å². The number of hydrogen-bond donors (Lipinski definition) is 1. The standard InChI is InChI=1S/C21H22FNO4/c1-2-19(24)23-11-10-15-4-3-5-16(21(15)23)13-27-17-8-6-14(18(22)12-17)7-9-20(25)26/h3-6,8,12H,2,7,9-11,13H2,1H3,(H,25,26). The summed E-state index contributed by atoms with van der Waals surface area (Å²) in [5.74, 6) is -0.987. The molecule has 1 heterocycles. The first kappa shape index (κ1) is 18.9. The number of ether oxygens (including phenoxy) is 1.